The number of hydrogen-bond acceptors (Lipinski definition) is 2. The van der Waals surface area contributed by atoms with Crippen LogP contribution in [0.3, 0.4) is 0 Å². The quantitative estimate of drug-likeness (QED) is 0.821. The first-order valence-corrected chi connectivity index (χ1v) is 9.32. The van der Waals surface area contributed by atoms with Crippen molar-refractivity contribution < 1.29 is 4.74 Å². The summed E-state index contributed by atoms with van der Waals surface area (Å²) in [6.07, 6.45) is 12.8. The van der Waals surface area contributed by atoms with Gasteiger partial charge in [0.2, 0.25) is 0 Å². The number of hydrogen-bond donors (Lipinski definition) is 1. The Kier molecular flexibility index (Phi) is 4.16. The van der Waals surface area contributed by atoms with Gasteiger partial charge >= 0.3 is 0 Å². The molecule has 2 saturated carbocycles. The van der Waals surface area contributed by atoms with Crippen molar-refractivity contribution in [3.05, 3.63) is 0 Å². The van der Waals surface area contributed by atoms with E-state index in [4.69, 9.17) is 10.5 Å². The molecule has 1 saturated heterocycles. The molecule has 0 aromatic heterocycles. The number of rotatable bonds is 3. The van der Waals surface area contributed by atoms with Gasteiger partial charge < -0.3 is 10.5 Å². The molecular weight excluding hydrogens is 258 g/mol. The SMILES string of the molecule is CCC(C)(C)C1CCC(N)(C2CCOC3(CCC3)C2)CC1. The zero-order chi connectivity index (χ0) is 15.1. The predicted molar refractivity (Wildman–Crippen MR) is 88.2 cm³/mol. The third-order valence-corrected chi connectivity index (χ3v) is 7.50. The maximum atomic E-state index is 6.93. The van der Waals surface area contributed by atoms with E-state index in [0.29, 0.717) is 11.3 Å². The Morgan fingerprint density at radius 1 is 1.10 bits per heavy atom. The lowest BCUT2D eigenvalue weighted by molar-refractivity contribution is -0.155. The molecular formula is C19H35NO. The van der Waals surface area contributed by atoms with Crippen LogP contribution in [-0.2, 0) is 4.74 Å². The fourth-order valence-electron chi connectivity index (χ4n) is 5.07. The summed E-state index contributed by atoms with van der Waals surface area (Å²) in [4.78, 5) is 0. The second-order valence-electron chi connectivity index (χ2n) is 8.92. The first-order chi connectivity index (χ1) is 9.89. The van der Waals surface area contributed by atoms with Gasteiger partial charge in [-0.15, -0.1) is 0 Å². The average Bonchev–Trinajstić information content (AvgIpc) is 2.46. The minimum absolute atomic E-state index is 0.104. The molecule has 2 nitrogen and oxygen atoms in total. The second-order valence-corrected chi connectivity index (χ2v) is 8.92. The molecule has 1 aliphatic heterocycles. The van der Waals surface area contributed by atoms with Gasteiger partial charge in [-0.25, -0.2) is 0 Å². The van der Waals surface area contributed by atoms with Crippen LogP contribution in [0, 0.1) is 17.3 Å². The third-order valence-electron chi connectivity index (χ3n) is 7.50. The summed E-state index contributed by atoms with van der Waals surface area (Å²) in [5.41, 5.74) is 7.77. The Morgan fingerprint density at radius 3 is 2.29 bits per heavy atom. The van der Waals surface area contributed by atoms with E-state index in [1.54, 1.807) is 0 Å². The summed E-state index contributed by atoms with van der Waals surface area (Å²) in [5, 5.41) is 0. The van der Waals surface area contributed by atoms with Crippen molar-refractivity contribution in [3.63, 3.8) is 0 Å². The van der Waals surface area contributed by atoms with Gasteiger partial charge in [-0.3, -0.25) is 0 Å². The van der Waals surface area contributed by atoms with Crippen LogP contribution in [0.2, 0.25) is 0 Å². The van der Waals surface area contributed by atoms with Gasteiger partial charge in [-0.05, 0) is 75.0 Å². The molecule has 0 aromatic carbocycles. The zero-order valence-corrected chi connectivity index (χ0v) is 14.4. The zero-order valence-electron chi connectivity index (χ0n) is 14.4. The van der Waals surface area contributed by atoms with Gasteiger partial charge in [0.15, 0.2) is 0 Å². The van der Waals surface area contributed by atoms with E-state index in [0.717, 1.165) is 12.5 Å². The molecule has 21 heavy (non-hydrogen) atoms. The van der Waals surface area contributed by atoms with E-state index < -0.39 is 0 Å². The number of nitrogens with two attached hydrogens (primary N) is 1. The molecule has 0 radical (unpaired) electrons. The highest BCUT2D eigenvalue weighted by Crippen LogP contribution is 2.51. The van der Waals surface area contributed by atoms with Crippen molar-refractivity contribution in [1.29, 1.82) is 0 Å². The molecule has 1 spiro atoms. The van der Waals surface area contributed by atoms with Crippen LogP contribution in [-0.4, -0.2) is 17.7 Å². The van der Waals surface area contributed by atoms with Crippen molar-refractivity contribution in [2.24, 2.45) is 23.0 Å². The highest BCUT2D eigenvalue weighted by atomic mass is 16.5. The maximum Gasteiger partial charge on any atom is 0.0686 e. The smallest absolute Gasteiger partial charge is 0.0686 e. The molecule has 2 aliphatic carbocycles. The first kappa shape index (κ1) is 15.8. The van der Waals surface area contributed by atoms with Crippen LogP contribution < -0.4 is 5.73 Å². The van der Waals surface area contributed by atoms with Crippen LogP contribution in [0.15, 0.2) is 0 Å². The van der Waals surface area contributed by atoms with Gasteiger partial charge in [-0.2, -0.15) is 0 Å². The molecule has 3 aliphatic rings. The molecule has 1 atom stereocenters. The van der Waals surface area contributed by atoms with Gasteiger partial charge in [0.25, 0.3) is 0 Å². The summed E-state index contributed by atoms with van der Waals surface area (Å²) in [6.45, 7) is 8.18. The van der Waals surface area contributed by atoms with E-state index in [-0.39, 0.29) is 11.1 Å². The lowest BCUT2D eigenvalue weighted by Crippen LogP contribution is -2.57. The lowest BCUT2D eigenvalue weighted by Gasteiger charge is -2.53. The Morgan fingerprint density at radius 2 is 1.76 bits per heavy atom. The molecule has 0 amide bonds. The van der Waals surface area contributed by atoms with Crippen LogP contribution in [0.4, 0.5) is 0 Å². The predicted octanol–water partition coefficient (Wildman–Crippen LogP) is 4.66. The highest BCUT2D eigenvalue weighted by molar-refractivity contribution is 5.03. The molecule has 0 aromatic rings. The van der Waals surface area contributed by atoms with Crippen molar-refractivity contribution in [1.82, 2.24) is 0 Å². The van der Waals surface area contributed by atoms with Gasteiger partial charge in [0, 0.05) is 12.1 Å². The lowest BCUT2D eigenvalue weighted by atomic mass is 9.59. The van der Waals surface area contributed by atoms with E-state index in [9.17, 15) is 0 Å². The van der Waals surface area contributed by atoms with Crippen molar-refractivity contribution >= 4 is 0 Å². The normalized spacial score (nSPS) is 40.0. The van der Waals surface area contributed by atoms with Crippen LogP contribution >= 0.6 is 0 Å². The van der Waals surface area contributed by atoms with Crippen molar-refractivity contribution in [3.8, 4) is 0 Å². The van der Waals surface area contributed by atoms with Crippen molar-refractivity contribution in [2.45, 2.75) is 96.1 Å². The first-order valence-electron chi connectivity index (χ1n) is 9.32. The minimum atomic E-state index is 0.104. The van der Waals surface area contributed by atoms with E-state index in [1.807, 2.05) is 0 Å². The molecule has 122 valence electrons. The maximum absolute atomic E-state index is 6.93. The van der Waals surface area contributed by atoms with Gasteiger partial charge in [0.05, 0.1) is 5.60 Å². The topological polar surface area (TPSA) is 35.2 Å². The van der Waals surface area contributed by atoms with Crippen molar-refractivity contribution in [2.75, 3.05) is 6.61 Å². The molecule has 1 unspecified atom stereocenters. The summed E-state index contributed by atoms with van der Waals surface area (Å²) < 4.78 is 6.10. The molecule has 1 heterocycles. The molecule has 0 bridgehead atoms. The van der Waals surface area contributed by atoms with Gasteiger partial charge in [0.1, 0.15) is 0 Å². The Hall–Kier alpha value is -0.0800. The fourth-order valence-corrected chi connectivity index (χ4v) is 5.07. The summed E-state index contributed by atoms with van der Waals surface area (Å²) in [5.74, 6) is 1.58. The van der Waals surface area contributed by atoms with Crippen LogP contribution in [0.5, 0.6) is 0 Å². The fraction of sp³-hybridized carbons (Fsp3) is 1.00. The minimum Gasteiger partial charge on any atom is -0.375 e. The number of ether oxygens (including phenoxy) is 1. The summed E-state index contributed by atoms with van der Waals surface area (Å²) in [7, 11) is 0. The van der Waals surface area contributed by atoms with Gasteiger partial charge in [-0.1, -0.05) is 27.2 Å². The van der Waals surface area contributed by atoms with E-state index in [1.165, 1.54) is 64.2 Å². The summed E-state index contributed by atoms with van der Waals surface area (Å²) in [6, 6.07) is 0. The molecule has 3 fully saturated rings. The largest absolute Gasteiger partial charge is 0.375 e. The molecule has 2 heteroatoms. The monoisotopic (exact) mass is 293 g/mol. The molecule has 2 N–H and O–H groups in total. The van der Waals surface area contributed by atoms with Crippen LogP contribution in [0.1, 0.15) is 85.0 Å². The standard InChI is InChI=1S/C19H35NO/c1-4-17(2,3)15-6-11-19(20,12-7-15)16-8-13-21-18(14-16)9-5-10-18/h15-16H,4-14,20H2,1-3H3. The average molecular weight is 293 g/mol. The van der Waals surface area contributed by atoms with E-state index >= 15 is 0 Å². The Bertz CT molecular complexity index is 364. The van der Waals surface area contributed by atoms with Crippen LogP contribution in [0.25, 0.3) is 0 Å². The molecule has 3 rings (SSSR count). The van der Waals surface area contributed by atoms with E-state index in [2.05, 4.69) is 20.8 Å². The Balaban J connectivity index is 1.61. The third kappa shape index (κ3) is 2.91. The second kappa shape index (κ2) is 5.53. The highest BCUT2D eigenvalue weighted by Gasteiger charge is 2.49. The Labute approximate surface area is 131 Å². The summed E-state index contributed by atoms with van der Waals surface area (Å²) >= 11 is 0.